The Morgan fingerprint density at radius 3 is 2.71 bits per heavy atom. The van der Waals surface area contributed by atoms with Gasteiger partial charge in [0.1, 0.15) is 17.1 Å². The van der Waals surface area contributed by atoms with Gasteiger partial charge in [0.25, 0.3) is 5.91 Å². The normalized spacial score (nSPS) is 13.6. The van der Waals surface area contributed by atoms with E-state index < -0.39 is 0 Å². The molecule has 2 aromatic heterocycles. The van der Waals surface area contributed by atoms with Crippen molar-refractivity contribution in [2.45, 2.75) is 53.1 Å². The van der Waals surface area contributed by atoms with Crippen LogP contribution in [-0.4, -0.2) is 26.6 Å². The van der Waals surface area contributed by atoms with E-state index >= 15 is 0 Å². The van der Waals surface area contributed by atoms with Crippen molar-refractivity contribution in [3.8, 4) is 11.5 Å². The van der Waals surface area contributed by atoms with Gasteiger partial charge in [-0.1, -0.05) is 18.6 Å². The van der Waals surface area contributed by atoms with Gasteiger partial charge >= 0.3 is 0 Å². The van der Waals surface area contributed by atoms with Gasteiger partial charge in [-0.3, -0.25) is 14.3 Å². The lowest BCUT2D eigenvalue weighted by Gasteiger charge is -2.24. The maximum Gasteiger partial charge on any atom is 0.269 e. The predicted octanol–water partition coefficient (Wildman–Crippen LogP) is 3.84. The van der Waals surface area contributed by atoms with E-state index in [9.17, 15) is 9.59 Å². The van der Waals surface area contributed by atoms with Crippen molar-refractivity contribution >= 4 is 17.5 Å². The van der Waals surface area contributed by atoms with Gasteiger partial charge in [0.15, 0.2) is 0 Å². The Morgan fingerprint density at radius 2 is 2.00 bits per heavy atom. The zero-order valence-electron chi connectivity index (χ0n) is 18.1. The quantitative estimate of drug-likeness (QED) is 0.603. The number of oxazole rings is 1. The van der Waals surface area contributed by atoms with Gasteiger partial charge in [0, 0.05) is 12.5 Å². The second kappa shape index (κ2) is 8.75. The SMILES string of the molecule is CCn1nc(C)cc1C(=O)NCc1nc(-c2ccccc2NC(=O)C2CCC2)oc1C. The number of nitrogens with zero attached hydrogens (tertiary/aromatic N) is 3. The summed E-state index contributed by atoms with van der Waals surface area (Å²) in [5.41, 5.74) is 3.36. The van der Waals surface area contributed by atoms with Gasteiger partial charge in [0.05, 0.1) is 23.5 Å². The number of nitrogens with one attached hydrogen (secondary N) is 2. The first-order chi connectivity index (χ1) is 15.0. The Labute approximate surface area is 181 Å². The van der Waals surface area contributed by atoms with Crippen LogP contribution in [0.3, 0.4) is 0 Å². The first-order valence-corrected chi connectivity index (χ1v) is 10.7. The van der Waals surface area contributed by atoms with E-state index in [1.165, 1.54) is 0 Å². The molecule has 8 heteroatoms. The second-order valence-electron chi connectivity index (χ2n) is 7.85. The standard InChI is InChI=1S/C23H27N5O3/c1-4-28-20(12-14(2)27-28)22(30)24-13-19-15(3)31-23(26-19)17-10-5-6-11-18(17)25-21(29)16-8-7-9-16/h5-6,10-12,16H,4,7-9,13H2,1-3H3,(H,24,30)(H,25,29). The molecule has 2 heterocycles. The Hall–Kier alpha value is -3.42. The molecule has 2 N–H and O–H groups in total. The number of carbonyl (C=O) groups is 2. The molecule has 0 unspecified atom stereocenters. The molecular weight excluding hydrogens is 394 g/mol. The summed E-state index contributed by atoms with van der Waals surface area (Å²) >= 11 is 0. The molecule has 31 heavy (non-hydrogen) atoms. The van der Waals surface area contributed by atoms with Crippen LogP contribution in [0, 0.1) is 19.8 Å². The summed E-state index contributed by atoms with van der Waals surface area (Å²) < 4.78 is 7.55. The fraction of sp³-hybridized carbons (Fsp3) is 0.391. The van der Waals surface area contributed by atoms with Crippen molar-refractivity contribution in [1.82, 2.24) is 20.1 Å². The fourth-order valence-electron chi connectivity index (χ4n) is 3.61. The summed E-state index contributed by atoms with van der Waals surface area (Å²) in [6.45, 7) is 6.47. The van der Waals surface area contributed by atoms with E-state index in [4.69, 9.17) is 4.42 Å². The largest absolute Gasteiger partial charge is 0.441 e. The monoisotopic (exact) mass is 421 g/mol. The Balaban J connectivity index is 1.49. The minimum Gasteiger partial charge on any atom is -0.441 e. The number of aryl methyl sites for hydroxylation is 3. The van der Waals surface area contributed by atoms with Gasteiger partial charge in [-0.05, 0) is 51.8 Å². The fourth-order valence-corrected chi connectivity index (χ4v) is 3.61. The van der Waals surface area contributed by atoms with E-state index in [1.807, 2.05) is 45.0 Å². The number of benzene rings is 1. The highest BCUT2D eigenvalue weighted by molar-refractivity contribution is 5.96. The van der Waals surface area contributed by atoms with Crippen molar-refractivity contribution in [1.29, 1.82) is 0 Å². The summed E-state index contributed by atoms with van der Waals surface area (Å²) in [5.74, 6) is 0.957. The molecule has 3 aromatic rings. The lowest BCUT2D eigenvalue weighted by Crippen LogP contribution is -2.28. The van der Waals surface area contributed by atoms with Crippen molar-refractivity contribution in [2.24, 2.45) is 5.92 Å². The van der Waals surface area contributed by atoms with Gasteiger partial charge in [-0.25, -0.2) is 4.98 Å². The Morgan fingerprint density at radius 1 is 1.23 bits per heavy atom. The summed E-state index contributed by atoms with van der Waals surface area (Å²) in [5, 5.41) is 10.2. The molecule has 162 valence electrons. The van der Waals surface area contributed by atoms with Crippen LogP contribution in [0.1, 0.15) is 53.8 Å². The highest BCUT2D eigenvalue weighted by Gasteiger charge is 2.26. The molecule has 0 atom stereocenters. The van der Waals surface area contributed by atoms with Crippen LogP contribution in [0.25, 0.3) is 11.5 Å². The first kappa shape index (κ1) is 20.8. The van der Waals surface area contributed by atoms with E-state index in [0.717, 1.165) is 30.5 Å². The lowest BCUT2D eigenvalue weighted by molar-refractivity contribution is -0.122. The minimum atomic E-state index is -0.209. The van der Waals surface area contributed by atoms with Crippen molar-refractivity contribution < 1.29 is 14.0 Å². The molecule has 4 rings (SSSR count). The summed E-state index contributed by atoms with van der Waals surface area (Å²) in [6, 6.07) is 9.23. The molecule has 8 nitrogen and oxygen atoms in total. The molecule has 1 aliphatic carbocycles. The number of hydrogen-bond donors (Lipinski definition) is 2. The maximum atomic E-state index is 12.6. The molecule has 0 aliphatic heterocycles. The van der Waals surface area contributed by atoms with Crippen molar-refractivity contribution in [3.05, 3.63) is 53.2 Å². The van der Waals surface area contributed by atoms with Crippen molar-refractivity contribution in [2.75, 3.05) is 5.32 Å². The van der Waals surface area contributed by atoms with Crippen molar-refractivity contribution in [3.63, 3.8) is 0 Å². The van der Waals surface area contributed by atoms with E-state index in [1.54, 1.807) is 10.7 Å². The van der Waals surface area contributed by atoms with Crippen LogP contribution in [0.4, 0.5) is 5.69 Å². The number of carbonyl (C=O) groups excluding carboxylic acids is 2. The maximum absolute atomic E-state index is 12.6. The second-order valence-corrected chi connectivity index (χ2v) is 7.85. The number of hydrogen-bond acceptors (Lipinski definition) is 5. The van der Waals surface area contributed by atoms with Gasteiger partial charge < -0.3 is 15.1 Å². The highest BCUT2D eigenvalue weighted by Crippen LogP contribution is 2.32. The zero-order valence-corrected chi connectivity index (χ0v) is 18.1. The number of amides is 2. The smallest absolute Gasteiger partial charge is 0.269 e. The van der Waals surface area contributed by atoms with Crippen LogP contribution in [0.2, 0.25) is 0 Å². The third-order valence-electron chi connectivity index (χ3n) is 5.63. The molecule has 0 bridgehead atoms. The van der Waals surface area contributed by atoms with Crippen LogP contribution in [0.5, 0.6) is 0 Å². The van der Waals surface area contributed by atoms with Crippen LogP contribution in [0.15, 0.2) is 34.7 Å². The van der Waals surface area contributed by atoms with E-state index in [2.05, 4.69) is 20.7 Å². The molecule has 1 aliphatic rings. The van der Waals surface area contributed by atoms with Crippen LogP contribution >= 0.6 is 0 Å². The highest BCUT2D eigenvalue weighted by atomic mass is 16.4. The summed E-state index contributed by atoms with van der Waals surface area (Å²) in [7, 11) is 0. The predicted molar refractivity (Wildman–Crippen MR) is 116 cm³/mol. The molecular formula is C23H27N5O3. The lowest BCUT2D eigenvalue weighted by atomic mass is 9.85. The molecule has 1 fully saturated rings. The molecule has 0 saturated heterocycles. The molecule has 2 amide bonds. The third kappa shape index (κ3) is 4.38. The average Bonchev–Trinajstić information content (AvgIpc) is 3.27. The zero-order chi connectivity index (χ0) is 22.0. The molecule has 1 saturated carbocycles. The number of para-hydroxylation sites is 1. The van der Waals surface area contributed by atoms with E-state index in [0.29, 0.717) is 35.3 Å². The average molecular weight is 422 g/mol. The molecule has 0 radical (unpaired) electrons. The number of anilines is 1. The number of rotatable bonds is 7. The Kier molecular flexibility index (Phi) is 5.88. The topological polar surface area (TPSA) is 102 Å². The first-order valence-electron chi connectivity index (χ1n) is 10.7. The van der Waals surface area contributed by atoms with Crippen LogP contribution in [-0.2, 0) is 17.9 Å². The van der Waals surface area contributed by atoms with E-state index in [-0.39, 0.29) is 24.3 Å². The van der Waals surface area contributed by atoms with Crippen LogP contribution < -0.4 is 10.6 Å². The minimum absolute atomic E-state index is 0.0392. The van der Waals surface area contributed by atoms with Gasteiger partial charge in [-0.2, -0.15) is 5.10 Å². The van der Waals surface area contributed by atoms with Gasteiger partial charge in [-0.15, -0.1) is 0 Å². The summed E-state index contributed by atoms with van der Waals surface area (Å²) in [4.78, 5) is 29.6. The number of aromatic nitrogens is 3. The molecule has 1 aromatic carbocycles. The summed E-state index contributed by atoms with van der Waals surface area (Å²) in [6.07, 6.45) is 2.98. The Bertz CT molecular complexity index is 1110. The van der Waals surface area contributed by atoms with Gasteiger partial charge in [0.2, 0.25) is 11.8 Å². The molecule has 0 spiro atoms. The third-order valence-corrected chi connectivity index (χ3v) is 5.63.